The molecule has 0 bridgehead atoms. The summed E-state index contributed by atoms with van der Waals surface area (Å²) in [6.07, 6.45) is 2.36. The number of rotatable bonds is 5. The highest BCUT2D eigenvalue weighted by molar-refractivity contribution is 6.09. The molecule has 30 heavy (non-hydrogen) atoms. The largest absolute Gasteiger partial charge is 0.465 e. The molecule has 2 aromatic rings. The smallest absolute Gasteiger partial charge is 0.339 e. The van der Waals surface area contributed by atoms with Crippen LogP contribution < -0.4 is 10.2 Å². The average molecular weight is 410 g/mol. The van der Waals surface area contributed by atoms with E-state index in [9.17, 15) is 19.2 Å². The Hall–Kier alpha value is -3.68. The molecule has 0 atom stereocenters. The van der Waals surface area contributed by atoms with Gasteiger partial charge in [-0.05, 0) is 55.3 Å². The predicted molar refractivity (Wildman–Crippen MR) is 110 cm³/mol. The summed E-state index contributed by atoms with van der Waals surface area (Å²) < 4.78 is 9.43. The normalized spacial score (nSPS) is 13.5. The van der Waals surface area contributed by atoms with Gasteiger partial charge >= 0.3 is 11.9 Å². The third-order valence-corrected chi connectivity index (χ3v) is 4.86. The number of benzene rings is 2. The van der Waals surface area contributed by atoms with Gasteiger partial charge < -0.3 is 19.7 Å². The zero-order valence-corrected chi connectivity index (χ0v) is 16.8. The summed E-state index contributed by atoms with van der Waals surface area (Å²) in [7, 11) is 2.46. The molecule has 0 aliphatic carbocycles. The highest BCUT2D eigenvalue weighted by Gasteiger charge is 2.21. The maximum Gasteiger partial charge on any atom is 0.339 e. The molecule has 0 saturated carbocycles. The first-order chi connectivity index (χ1) is 14.4. The first-order valence-electron chi connectivity index (χ1n) is 9.47. The van der Waals surface area contributed by atoms with Crippen molar-refractivity contribution in [1.82, 2.24) is 0 Å². The van der Waals surface area contributed by atoms with E-state index in [0.29, 0.717) is 18.5 Å². The standard InChI is InChI=1S/C22H22N2O6/c1-29-21(27)15-8-11-17(22(28)30-2)18(13-15)23-20(26)14-6-9-16(10-7-14)24-12-4-3-5-19(24)25/h6-11,13H,3-5,12H2,1-2H3,(H,23,26). The second-order valence-corrected chi connectivity index (χ2v) is 6.75. The number of nitrogens with one attached hydrogen (secondary N) is 1. The van der Waals surface area contributed by atoms with E-state index in [1.165, 1.54) is 32.4 Å². The molecule has 1 N–H and O–H groups in total. The Labute approximate surface area is 173 Å². The minimum Gasteiger partial charge on any atom is -0.465 e. The van der Waals surface area contributed by atoms with Gasteiger partial charge in [0.1, 0.15) is 0 Å². The fourth-order valence-corrected chi connectivity index (χ4v) is 3.25. The fraction of sp³-hybridized carbons (Fsp3) is 0.273. The van der Waals surface area contributed by atoms with Gasteiger partial charge in [0.05, 0.1) is 31.0 Å². The van der Waals surface area contributed by atoms with Crippen LogP contribution >= 0.6 is 0 Å². The minimum atomic E-state index is -0.652. The summed E-state index contributed by atoms with van der Waals surface area (Å²) in [6, 6.07) is 10.8. The van der Waals surface area contributed by atoms with Crippen molar-refractivity contribution in [2.75, 3.05) is 31.0 Å². The molecule has 1 aliphatic rings. The van der Waals surface area contributed by atoms with Gasteiger partial charge in [0.25, 0.3) is 5.91 Å². The van der Waals surface area contributed by atoms with E-state index in [-0.39, 0.29) is 22.7 Å². The van der Waals surface area contributed by atoms with Crippen molar-refractivity contribution in [2.45, 2.75) is 19.3 Å². The van der Waals surface area contributed by atoms with Gasteiger partial charge in [-0.25, -0.2) is 9.59 Å². The number of hydrogen-bond donors (Lipinski definition) is 1. The van der Waals surface area contributed by atoms with Gasteiger partial charge in [-0.3, -0.25) is 9.59 Å². The molecular formula is C22H22N2O6. The van der Waals surface area contributed by atoms with Gasteiger partial charge in [0.2, 0.25) is 5.91 Å². The number of methoxy groups -OCH3 is 2. The zero-order valence-electron chi connectivity index (χ0n) is 16.8. The maximum absolute atomic E-state index is 12.7. The molecule has 0 aromatic heterocycles. The SMILES string of the molecule is COC(=O)c1ccc(C(=O)OC)c(NC(=O)c2ccc(N3CCCCC3=O)cc2)c1. The molecule has 3 rings (SSSR count). The summed E-state index contributed by atoms with van der Waals surface area (Å²) >= 11 is 0. The van der Waals surface area contributed by atoms with Crippen LogP contribution in [0.2, 0.25) is 0 Å². The predicted octanol–water partition coefficient (Wildman–Crippen LogP) is 3.03. The van der Waals surface area contributed by atoms with E-state index in [2.05, 4.69) is 10.1 Å². The first-order valence-corrected chi connectivity index (χ1v) is 9.47. The van der Waals surface area contributed by atoms with Crippen LogP contribution in [0.4, 0.5) is 11.4 Å². The van der Waals surface area contributed by atoms with Crippen molar-refractivity contribution in [1.29, 1.82) is 0 Å². The highest BCUT2D eigenvalue weighted by atomic mass is 16.5. The van der Waals surface area contributed by atoms with Crippen LogP contribution in [-0.4, -0.2) is 44.5 Å². The van der Waals surface area contributed by atoms with Gasteiger partial charge in [0.15, 0.2) is 0 Å². The number of piperidine rings is 1. The molecular weight excluding hydrogens is 388 g/mol. The monoisotopic (exact) mass is 410 g/mol. The van der Waals surface area contributed by atoms with E-state index in [1.807, 2.05) is 0 Å². The zero-order chi connectivity index (χ0) is 21.7. The van der Waals surface area contributed by atoms with E-state index >= 15 is 0 Å². The van der Waals surface area contributed by atoms with Crippen molar-refractivity contribution >= 4 is 35.1 Å². The van der Waals surface area contributed by atoms with Crippen LogP contribution in [-0.2, 0) is 14.3 Å². The van der Waals surface area contributed by atoms with Crippen molar-refractivity contribution in [2.24, 2.45) is 0 Å². The van der Waals surface area contributed by atoms with Gasteiger partial charge in [0, 0.05) is 24.2 Å². The lowest BCUT2D eigenvalue weighted by molar-refractivity contribution is -0.119. The quantitative estimate of drug-likeness (QED) is 0.760. The molecule has 2 aromatic carbocycles. The molecule has 0 spiro atoms. The van der Waals surface area contributed by atoms with Gasteiger partial charge in [-0.1, -0.05) is 0 Å². The molecule has 2 amide bonds. The van der Waals surface area contributed by atoms with Crippen molar-refractivity contribution < 1.29 is 28.7 Å². The van der Waals surface area contributed by atoms with Crippen molar-refractivity contribution in [3.63, 3.8) is 0 Å². The van der Waals surface area contributed by atoms with Gasteiger partial charge in [-0.15, -0.1) is 0 Å². The Bertz CT molecular complexity index is 984. The van der Waals surface area contributed by atoms with Crippen LogP contribution in [0, 0.1) is 0 Å². The van der Waals surface area contributed by atoms with Crippen LogP contribution in [0.5, 0.6) is 0 Å². The number of amides is 2. The topological polar surface area (TPSA) is 102 Å². The Morgan fingerprint density at radius 2 is 1.57 bits per heavy atom. The van der Waals surface area contributed by atoms with Crippen LogP contribution in [0.3, 0.4) is 0 Å². The van der Waals surface area contributed by atoms with Crippen LogP contribution in [0.1, 0.15) is 50.3 Å². The molecule has 0 unspecified atom stereocenters. The number of esters is 2. The molecule has 0 radical (unpaired) electrons. The van der Waals surface area contributed by atoms with E-state index in [0.717, 1.165) is 18.5 Å². The molecule has 156 valence electrons. The lowest BCUT2D eigenvalue weighted by atomic mass is 10.1. The number of hydrogen-bond acceptors (Lipinski definition) is 6. The third-order valence-electron chi connectivity index (χ3n) is 4.86. The van der Waals surface area contributed by atoms with Crippen molar-refractivity contribution in [3.8, 4) is 0 Å². The molecule has 1 saturated heterocycles. The molecule has 1 aliphatic heterocycles. The Balaban J connectivity index is 1.83. The summed E-state index contributed by atoms with van der Waals surface area (Å²) in [5, 5.41) is 2.64. The number of carbonyl (C=O) groups is 4. The second kappa shape index (κ2) is 9.21. The van der Waals surface area contributed by atoms with E-state index < -0.39 is 17.8 Å². The Morgan fingerprint density at radius 1 is 0.900 bits per heavy atom. The van der Waals surface area contributed by atoms with Crippen molar-refractivity contribution in [3.05, 3.63) is 59.2 Å². The minimum absolute atomic E-state index is 0.0702. The molecule has 1 fully saturated rings. The van der Waals surface area contributed by atoms with E-state index in [1.54, 1.807) is 29.2 Å². The lowest BCUT2D eigenvalue weighted by Gasteiger charge is -2.26. The summed E-state index contributed by atoms with van der Waals surface area (Å²) in [6.45, 7) is 0.660. The number of nitrogens with zero attached hydrogens (tertiary/aromatic N) is 1. The van der Waals surface area contributed by atoms with E-state index in [4.69, 9.17) is 4.74 Å². The summed E-state index contributed by atoms with van der Waals surface area (Å²) in [4.78, 5) is 50.3. The Morgan fingerprint density at radius 3 is 2.20 bits per heavy atom. The third kappa shape index (κ3) is 4.48. The molecule has 8 heteroatoms. The first kappa shape index (κ1) is 21.0. The fourth-order valence-electron chi connectivity index (χ4n) is 3.25. The number of anilines is 2. The lowest BCUT2D eigenvalue weighted by Crippen LogP contribution is -2.35. The van der Waals surface area contributed by atoms with Crippen LogP contribution in [0.25, 0.3) is 0 Å². The number of carbonyl (C=O) groups excluding carboxylic acids is 4. The Kier molecular flexibility index (Phi) is 6.46. The summed E-state index contributed by atoms with van der Waals surface area (Å²) in [5.74, 6) is -1.65. The van der Waals surface area contributed by atoms with Gasteiger partial charge in [-0.2, -0.15) is 0 Å². The molecule has 8 nitrogen and oxygen atoms in total. The summed E-state index contributed by atoms with van der Waals surface area (Å²) in [5.41, 5.74) is 1.49. The van der Waals surface area contributed by atoms with Crippen LogP contribution in [0.15, 0.2) is 42.5 Å². The highest BCUT2D eigenvalue weighted by Crippen LogP contribution is 2.23. The maximum atomic E-state index is 12.7. The average Bonchev–Trinajstić information content (AvgIpc) is 2.78. The molecule has 1 heterocycles. The second-order valence-electron chi connectivity index (χ2n) is 6.75. The number of ether oxygens (including phenoxy) is 2.